The van der Waals surface area contributed by atoms with Gasteiger partial charge < -0.3 is 59.2 Å². The number of carbonyl (C=O) groups excluding carboxylic acids is 1. The van der Waals surface area contributed by atoms with Gasteiger partial charge in [-0.1, -0.05) is 37.8 Å². The Kier molecular flexibility index (Phi) is 69.4. The summed E-state index contributed by atoms with van der Waals surface area (Å²) in [4.78, 5) is 29.6. The monoisotopic (exact) mass is 2020 g/mol. The molecule has 0 fully saturated rings. The Morgan fingerprint density at radius 3 is 0.867 bits per heavy atom. The second-order valence-corrected chi connectivity index (χ2v) is 48.9. The minimum absolute atomic E-state index is 0. The van der Waals surface area contributed by atoms with Crippen molar-refractivity contribution in [3.63, 3.8) is 0 Å². The van der Waals surface area contributed by atoms with E-state index in [-0.39, 0.29) is 149 Å². The summed E-state index contributed by atoms with van der Waals surface area (Å²) < 4.78 is 126. The van der Waals surface area contributed by atoms with Gasteiger partial charge >= 0.3 is 23.1 Å². The zero-order valence-corrected chi connectivity index (χ0v) is 89.4. The predicted octanol–water partition coefficient (Wildman–Crippen LogP) is 13.6. The maximum Gasteiger partial charge on any atom is 2.00 e. The number of aldehydes is 1. The molecule has 0 spiro atoms. The molecule has 0 aliphatic heterocycles. The van der Waals surface area contributed by atoms with Crippen LogP contribution < -0.4 is 58.1 Å². The summed E-state index contributed by atoms with van der Waals surface area (Å²) in [7, 11) is -5.74. The van der Waals surface area contributed by atoms with Crippen molar-refractivity contribution < 1.29 is 103 Å². The first-order valence-electron chi connectivity index (χ1n) is 39.5. The van der Waals surface area contributed by atoms with Gasteiger partial charge in [-0.15, -0.1) is 18.5 Å². The molecule has 0 aliphatic carbocycles. The van der Waals surface area contributed by atoms with E-state index in [4.69, 9.17) is 42.8 Å². The molecular weight excluding hydrogens is 1890 g/mol. The fraction of sp³-hybridized carbons (Fsp3) is 0.433. The number of nitrogen functional groups attached to an aromatic ring is 3. The predicted molar refractivity (Wildman–Crippen MR) is 525 cm³/mol. The number of carbonyl (C=O) groups is 1. The van der Waals surface area contributed by atoms with Crippen molar-refractivity contribution in [3.05, 3.63) is 269 Å². The van der Waals surface area contributed by atoms with E-state index in [0.29, 0.717) is 11.3 Å². The molecule has 9 rings (SSSR count). The Labute approximate surface area is 821 Å². The first kappa shape index (κ1) is 133. The van der Waals surface area contributed by atoms with Crippen molar-refractivity contribution in [2.24, 2.45) is 9.54 Å². The molecule has 5 aromatic heterocycles. The van der Waals surface area contributed by atoms with Crippen LogP contribution in [0.15, 0.2) is 200 Å². The molecule has 9 aromatic rings. The molecule has 38 heteroatoms. The van der Waals surface area contributed by atoms with Gasteiger partial charge in [-0.05, 0) is 308 Å². The van der Waals surface area contributed by atoms with Crippen LogP contribution in [0.25, 0.3) is 0 Å². The molecule has 8 atom stereocenters. The average Bonchev–Trinajstić information content (AvgIpc) is 0.826. The van der Waals surface area contributed by atoms with Crippen molar-refractivity contribution >= 4 is 134 Å². The standard InChI is InChI=1S/3C16H20FN3OS.C10H15FNSi.C10H14N2OS.C6H5NO.C4H11NOS.4C3H8O.BrH.ClH.Mg.Ti/c3*1-16(2,3)22(21)20-15(11-6-8-19-9-7-11)12-4-5-13(17)14(18)10-12;1-12(13(2,3)4)10-8-6-5-7-9(10)11;1-10(2,3)14(13)12-8-9-4-6-11-7-5-9;8-5-6-1-3-7-4-2-6;1-4(2,3)7(5)6;4*1-3(2)4;;;;/h3*4-10,15,20H,18H2,1-3H3;5,7-8H,1-4H3;4-8H,1-3H3;1-5H;5H2,1-3H3;4*3-4H,1-2H3;2*1H;;/q;;;-1;;;;;;;;;;+2;/p-1/t3*15?,22-;;14-;;7-;;;;;;;;/m111.1.1......../s1. The van der Waals surface area contributed by atoms with E-state index in [0.717, 1.165) is 45.2 Å². The number of halogens is 6. The van der Waals surface area contributed by atoms with E-state index in [1.165, 1.54) is 24.3 Å². The van der Waals surface area contributed by atoms with Gasteiger partial charge in [0, 0.05) is 126 Å². The average molecular weight is 2030 g/mol. The molecule has 128 heavy (non-hydrogen) atoms. The van der Waals surface area contributed by atoms with E-state index in [2.05, 4.69) is 69.2 Å². The smallest absolute Gasteiger partial charge is 1.00 e. The number of pyridine rings is 5. The number of rotatable bonds is 17. The minimum atomic E-state index is -1.46. The maximum absolute atomic E-state index is 13.4. The topological polar surface area (TPSA) is 404 Å². The maximum atomic E-state index is 13.4. The fourth-order valence-electron chi connectivity index (χ4n) is 7.91. The number of aliphatic hydroxyl groups is 4. The molecule has 24 nitrogen and oxygen atoms in total. The molecule has 0 aliphatic rings. The number of nitrogens with one attached hydrogen (secondary N) is 3. The minimum Gasteiger partial charge on any atom is -1.00 e. The van der Waals surface area contributed by atoms with Gasteiger partial charge in [-0.3, -0.25) is 34.9 Å². The SMILES string of the molecule is CC(C)(C)[S@@](=O)N=Cc1ccncc1.CC(C)(C)[S@@](=O)NC(c1ccncc1)c1ccc(F)c(N)c1.CC(C)(C)[S@@](=O)NC(c1ccncc1)c1ccc(F)c(N)c1.CC(C)(C)[S@@](=O)NC(c1ccncc1)c1ccc(F)c(N)c1.CC(C)(C)[S@](N)=O.CC(C)O.CC(C)O.CC(C)O.CC(C)O.CN(c1c[c-]ccc1F)[Si](C)(C)C.Cl.O=Cc1ccncc1.[Br-].[Mg+2].[Ti]. The Morgan fingerprint density at radius 1 is 0.430 bits per heavy atom. The second-order valence-electron chi connectivity index (χ2n) is 34.1. The summed E-state index contributed by atoms with van der Waals surface area (Å²) >= 11 is 0. The van der Waals surface area contributed by atoms with Crippen LogP contribution in [0.3, 0.4) is 0 Å². The van der Waals surface area contributed by atoms with Crippen LogP contribution in [0.2, 0.25) is 19.6 Å². The third-order valence-electron chi connectivity index (χ3n) is 14.7. The van der Waals surface area contributed by atoms with Crippen LogP contribution in [0, 0.1) is 29.3 Å². The molecule has 4 aromatic carbocycles. The molecule has 3 unspecified atom stereocenters. The Morgan fingerprint density at radius 2 is 0.672 bits per heavy atom. The van der Waals surface area contributed by atoms with Gasteiger partial charge in [0.2, 0.25) is 0 Å². The largest absolute Gasteiger partial charge is 2.00 e. The summed E-state index contributed by atoms with van der Waals surface area (Å²) in [5, 5.41) is 37.3. The zero-order valence-electron chi connectivity index (χ0n) is 78.9. The van der Waals surface area contributed by atoms with Crippen molar-refractivity contribution in [3.8, 4) is 0 Å². The number of aliphatic hydroxyl groups excluding tert-OH is 4. The quantitative estimate of drug-likeness (QED) is 0.0101. The third-order valence-corrected chi connectivity index (χ3v) is 24.1. The first-order valence-corrected chi connectivity index (χ1v) is 48.7. The van der Waals surface area contributed by atoms with Crippen LogP contribution in [-0.2, 0) is 76.6 Å². The molecule has 0 saturated carbocycles. The van der Waals surface area contributed by atoms with Gasteiger partial charge in [0.05, 0.1) is 103 Å². The zero-order chi connectivity index (χ0) is 95.9. The number of benzene rings is 4. The molecule has 710 valence electrons. The summed E-state index contributed by atoms with van der Waals surface area (Å²) in [6.45, 7) is 48.5. The summed E-state index contributed by atoms with van der Waals surface area (Å²) in [6.07, 6.45) is 18.3. The van der Waals surface area contributed by atoms with Crippen molar-refractivity contribution in [1.82, 2.24) is 39.1 Å². The first-order chi connectivity index (χ1) is 57.1. The summed E-state index contributed by atoms with van der Waals surface area (Å²) in [6, 6.07) is 38.1. The normalized spacial score (nSPS) is 12.8. The molecule has 0 amide bonds. The molecule has 0 bridgehead atoms. The van der Waals surface area contributed by atoms with Crippen molar-refractivity contribution in [2.45, 2.75) is 245 Å². The Bertz CT molecular complexity index is 4340. The van der Waals surface area contributed by atoms with Crippen molar-refractivity contribution in [1.29, 1.82) is 0 Å². The van der Waals surface area contributed by atoms with Gasteiger partial charge in [-0.25, -0.2) is 52.8 Å². The third kappa shape index (κ3) is 60.8. The molecular formula is C90H138BrClF4MgN14O10S5SiTi. The van der Waals surface area contributed by atoms with Gasteiger partial charge in [0.15, 0.2) is 0 Å². The molecule has 5 heterocycles. The summed E-state index contributed by atoms with van der Waals surface area (Å²) in [5.74, 6) is -1.55. The molecule has 15 N–H and O–H groups in total. The van der Waals surface area contributed by atoms with E-state index in [9.17, 15) is 43.4 Å². The van der Waals surface area contributed by atoms with Crippen LogP contribution in [0.1, 0.15) is 227 Å². The second kappa shape index (κ2) is 67.0. The van der Waals surface area contributed by atoms with Gasteiger partial charge in [0.1, 0.15) is 43.0 Å². The van der Waals surface area contributed by atoms with Gasteiger partial charge in [-0.2, -0.15) is 22.6 Å². The van der Waals surface area contributed by atoms with Crippen LogP contribution in [0.5, 0.6) is 0 Å². The number of hydrogen-bond donors (Lipinski definition) is 11. The van der Waals surface area contributed by atoms with Crippen molar-refractivity contribution in [2.75, 3.05) is 28.8 Å². The number of aromatic nitrogens is 5. The van der Waals surface area contributed by atoms with E-state index < -0.39 is 94.9 Å². The Balaban J connectivity index is -0.000000335. The van der Waals surface area contributed by atoms with Crippen LogP contribution in [0.4, 0.5) is 40.3 Å². The summed E-state index contributed by atoms with van der Waals surface area (Å²) in [5.41, 5.74) is 24.4. The number of hydrogen-bond acceptors (Lipinski definition) is 19. The van der Waals surface area contributed by atoms with Gasteiger partial charge in [0.25, 0.3) is 0 Å². The van der Waals surface area contributed by atoms with E-state index in [1.807, 2.05) is 164 Å². The van der Waals surface area contributed by atoms with Crippen LogP contribution in [-0.4, -0.2) is 165 Å². The number of anilines is 4. The fourth-order valence-corrected chi connectivity index (χ4v) is 11.9. The number of nitrogens with zero attached hydrogens (tertiary/aromatic N) is 7. The van der Waals surface area contributed by atoms with E-state index >= 15 is 0 Å². The van der Waals surface area contributed by atoms with Crippen LogP contribution >= 0.6 is 12.4 Å². The molecule has 0 radical (unpaired) electrons. The van der Waals surface area contributed by atoms with E-state index in [1.54, 1.807) is 184 Å². The molecule has 0 saturated heterocycles. The number of nitrogens with two attached hydrogens (primary N) is 4. The Hall–Kier alpha value is -6.21.